The minimum Gasteiger partial charge on any atom is -0.378 e. The van der Waals surface area contributed by atoms with Gasteiger partial charge in [-0.1, -0.05) is 0 Å². The first-order valence-corrected chi connectivity index (χ1v) is 9.51. The van der Waals surface area contributed by atoms with Crippen LogP contribution in [0.1, 0.15) is 11.4 Å². The van der Waals surface area contributed by atoms with Crippen molar-refractivity contribution in [2.75, 3.05) is 67.2 Å². The van der Waals surface area contributed by atoms with Gasteiger partial charge in [-0.15, -0.1) is 0 Å². The number of aryl methyl sites for hydroxylation is 1. The second kappa shape index (κ2) is 7.98. The highest BCUT2D eigenvalue weighted by Crippen LogP contribution is 2.24. The Hall–Kier alpha value is -2.92. The molecular formula is C20H23FN6O. The van der Waals surface area contributed by atoms with Crippen molar-refractivity contribution in [3.05, 3.63) is 41.5 Å². The lowest BCUT2D eigenvalue weighted by molar-refractivity contribution is 0.122. The zero-order chi connectivity index (χ0) is 19.5. The van der Waals surface area contributed by atoms with Crippen molar-refractivity contribution >= 4 is 17.3 Å². The molecule has 0 bridgehead atoms. The maximum atomic E-state index is 13.8. The highest BCUT2D eigenvalue weighted by molar-refractivity contribution is 5.55. The third-order valence-electron chi connectivity index (χ3n) is 5.13. The Labute approximate surface area is 164 Å². The predicted octanol–water partition coefficient (Wildman–Crippen LogP) is 1.96. The van der Waals surface area contributed by atoms with Gasteiger partial charge < -0.3 is 19.4 Å². The molecule has 3 heterocycles. The van der Waals surface area contributed by atoms with Crippen molar-refractivity contribution in [3.63, 3.8) is 0 Å². The van der Waals surface area contributed by atoms with E-state index in [9.17, 15) is 4.39 Å². The molecule has 0 atom stereocenters. The molecule has 0 spiro atoms. The molecule has 146 valence electrons. The van der Waals surface area contributed by atoms with Crippen molar-refractivity contribution < 1.29 is 9.13 Å². The Balaban J connectivity index is 1.47. The summed E-state index contributed by atoms with van der Waals surface area (Å²) in [6.45, 7) is 8.06. The van der Waals surface area contributed by atoms with E-state index in [1.165, 1.54) is 12.1 Å². The first-order valence-electron chi connectivity index (χ1n) is 9.51. The van der Waals surface area contributed by atoms with Gasteiger partial charge in [0.15, 0.2) is 0 Å². The number of nitrogens with zero attached hydrogens (tertiary/aromatic N) is 6. The van der Waals surface area contributed by atoms with Gasteiger partial charge in [0.25, 0.3) is 0 Å². The van der Waals surface area contributed by atoms with Crippen LogP contribution in [-0.4, -0.2) is 62.5 Å². The number of piperazine rings is 1. The minimum absolute atomic E-state index is 0.346. The van der Waals surface area contributed by atoms with Gasteiger partial charge in [0.1, 0.15) is 23.3 Å². The molecular weight excluding hydrogens is 359 g/mol. The maximum absolute atomic E-state index is 13.8. The molecule has 0 saturated carbocycles. The molecule has 2 aliphatic heterocycles. The molecule has 0 amide bonds. The Morgan fingerprint density at radius 2 is 1.50 bits per heavy atom. The molecule has 1 aromatic carbocycles. The highest BCUT2D eigenvalue weighted by atomic mass is 19.1. The van der Waals surface area contributed by atoms with E-state index < -0.39 is 0 Å². The predicted molar refractivity (Wildman–Crippen MR) is 105 cm³/mol. The summed E-state index contributed by atoms with van der Waals surface area (Å²) in [4.78, 5) is 15.8. The number of aromatic nitrogens is 2. The van der Waals surface area contributed by atoms with Gasteiger partial charge in [-0.05, 0) is 25.1 Å². The summed E-state index contributed by atoms with van der Waals surface area (Å²) >= 11 is 0. The summed E-state index contributed by atoms with van der Waals surface area (Å²) in [5.41, 5.74) is 1.10. The molecule has 0 N–H and O–H groups in total. The number of morpholine rings is 1. The van der Waals surface area contributed by atoms with Crippen LogP contribution >= 0.6 is 0 Å². The van der Waals surface area contributed by atoms with E-state index in [0.717, 1.165) is 75.6 Å². The van der Waals surface area contributed by atoms with E-state index in [2.05, 4.69) is 24.7 Å². The fourth-order valence-electron chi connectivity index (χ4n) is 3.67. The molecule has 2 aliphatic rings. The largest absolute Gasteiger partial charge is 0.378 e. The lowest BCUT2D eigenvalue weighted by Gasteiger charge is -2.37. The van der Waals surface area contributed by atoms with Crippen LogP contribution in [0.4, 0.5) is 21.7 Å². The molecule has 8 heteroatoms. The number of hydrogen-bond acceptors (Lipinski definition) is 7. The Morgan fingerprint density at radius 3 is 2.14 bits per heavy atom. The van der Waals surface area contributed by atoms with Gasteiger partial charge in [-0.25, -0.2) is 14.4 Å². The number of halogens is 1. The fraction of sp³-hybridized carbons (Fsp3) is 0.450. The minimum atomic E-state index is -0.377. The van der Waals surface area contributed by atoms with Crippen molar-refractivity contribution in [1.82, 2.24) is 9.97 Å². The van der Waals surface area contributed by atoms with Gasteiger partial charge in [-0.2, -0.15) is 5.26 Å². The summed E-state index contributed by atoms with van der Waals surface area (Å²) in [6, 6.07) is 8.55. The smallest absolute Gasteiger partial charge is 0.134 e. The molecule has 0 radical (unpaired) electrons. The van der Waals surface area contributed by atoms with E-state index in [1.54, 1.807) is 6.07 Å². The lowest BCUT2D eigenvalue weighted by Crippen LogP contribution is -2.47. The molecule has 2 aromatic rings. The van der Waals surface area contributed by atoms with E-state index in [1.807, 2.05) is 19.1 Å². The number of nitriles is 1. The van der Waals surface area contributed by atoms with Crippen LogP contribution < -0.4 is 14.7 Å². The first-order chi connectivity index (χ1) is 13.6. The summed E-state index contributed by atoms with van der Waals surface area (Å²) in [5, 5.41) is 9.07. The number of hydrogen-bond donors (Lipinski definition) is 0. The summed E-state index contributed by atoms with van der Waals surface area (Å²) in [5.74, 6) is 2.24. The van der Waals surface area contributed by atoms with E-state index >= 15 is 0 Å². The van der Waals surface area contributed by atoms with Crippen molar-refractivity contribution in [2.45, 2.75) is 6.92 Å². The number of ether oxygens (including phenoxy) is 1. The van der Waals surface area contributed by atoms with Crippen LogP contribution in [0.5, 0.6) is 0 Å². The SMILES string of the molecule is Cc1nc(N2CCOCC2)cc(N2CCN(c3cc(F)cc(C#N)c3)CC2)n1. The first kappa shape index (κ1) is 18.4. The van der Waals surface area contributed by atoms with Crippen LogP contribution in [0.15, 0.2) is 24.3 Å². The summed E-state index contributed by atoms with van der Waals surface area (Å²) in [6.07, 6.45) is 0. The quantitative estimate of drug-likeness (QED) is 0.804. The zero-order valence-electron chi connectivity index (χ0n) is 15.9. The molecule has 1 aromatic heterocycles. The normalized spacial score (nSPS) is 17.5. The standard InChI is InChI=1S/C20H23FN6O/c1-15-23-19(13-20(24-15)27-6-8-28-9-7-27)26-4-2-25(3-5-26)18-11-16(14-22)10-17(21)12-18/h10-13H,2-9H2,1H3. The molecule has 0 aliphatic carbocycles. The second-order valence-electron chi connectivity index (χ2n) is 7.01. The fourth-order valence-corrected chi connectivity index (χ4v) is 3.67. The number of benzene rings is 1. The monoisotopic (exact) mass is 382 g/mol. The molecule has 7 nitrogen and oxygen atoms in total. The third kappa shape index (κ3) is 3.99. The van der Waals surface area contributed by atoms with Crippen molar-refractivity contribution in [2.24, 2.45) is 0 Å². The van der Waals surface area contributed by atoms with Gasteiger partial charge in [0, 0.05) is 51.0 Å². The second-order valence-corrected chi connectivity index (χ2v) is 7.01. The maximum Gasteiger partial charge on any atom is 0.134 e. The third-order valence-corrected chi connectivity index (χ3v) is 5.13. The molecule has 2 fully saturated rings. The molecule has 2 saturated heterocycles. The number of anilines is 3. The van der Waals surface area contributed by atoms with Gasteiger partial charge in [0.2, 0.25) is 0 Å². The Bertz CT molecular complexity index is 885. The molecule has 0 unspecified atom stereocenters. The van der Waals surface area contributed by atoms with Crippen molar-refractivity contribution in [1.29, 1.82) is 5.26 Å². The topological polar surface area (TPSA) is 68.5 Å². The highest BCUT2D eigenvalue weighted by Gasteiger charge is 2.21. The Kier molecular flexibility index (Phi) is 5.26. The van der Waals surface area contributed by atoms with Crippen LogP contribution in [-0.2, 0) is 4.74 Å². The van der Waals surface area contributed by atoms with E-state index in [0.29, 0.717) is 5.56 Å². The average molecular weight is 382 g/mol. The van der Waals surface area contributed by atoms with Gasteiger partial charge in [-0.3, -0.25) is 0 Å². The lowest BCUT2D eigenvalue weighted by atomic mass is 10.1. The van der Waals surface area contributed by atoms with Crippen LogP contribution in [0.3, 0.4) is 0 Å². The van der Waals surface area contributed by atoms with Crippen molar-refractivity contribution in [3.8, 4) is 6.07 Å². The van der Waals surface area contributed by atoms with Gasteiger partial charge in [0.05, 0.1) is 24.8 Å². The summed E-state index contributed by atoms with van der Waals surface area (Å²) < 4.78 is 19.2. The van der Waals surface area contributed by atoms with Crippen LogP contribution in [0.2, 0.25) is 0 Å². The van der Waals surface area contributed by atoms with Crippen LogP contribution in [0, 0.1) is 24.1 Å². The summed E-state index contributed by atoms with van der Waals surface area (Å²) in [7, 11) is 0. The van der Waals surface area contributed by atoms with E-state index in [4.69, 9.17) is 10.00 Å². The van der Waals surface area contributed by atoms with Crippen LogP contribution in [0.25, 0.3) is 0 Å². The number of rotatable bonds is 3. The molecule has 28 heavy (non-hydrogen) atoms. The zero-order valence-corrected chi connectivity index (χ0v) is 15.9. The molecule has 4 rings (SSSR count). The average Bonchev–Trinajstić information content (AvgIpc) is 2.73. The Morgan fingerprint density at radius 1 is 0.893 bits per heavy atom. The van der Waals surface area contributed by atoms with Gasteiger partial charge >= 0.3 is 0 Å². The van der Waals surface area contributed by atoms with E-state index in [-0.39, 0.29) is 5.82 Å².